The van der Waals surface area contributed by atoms with Crippen LogP contribution >= 0.6 is 0 Å². The van der Waals surface area contributed by atoms with Gasteiger partial charge in [-0.05, 0) is 69.0 Å². The molecule has 0 saturated carbocycles. The highest BCUT2D eigenvalue weighted by Gasteiger charge is 2.25. The van der Waals surface area contributed by atoms with E-state index in [0.29, 0.717) is 6.04 Å². The van der Waals surface area contributed by atoms with E-state index in [1.807, 2.05) is 0 Å². The second kappa shape index (κ2) is 9.02. The normalized spacial score (nSPS) is 21.6. The van der Waals surface area contributed by atoms with Crippen LogP contribution in [0.1, 0.15) is 49.8 Å². The number of nitrogens with zero attached hydrogens (tertiary/aromatic N) is 3. The molecule has 1 aliphatic heterocycles. The average molecular weight is 346 g/mol. The molecular weight excluding hydrogens is 310 g/mol. The summed E-state index contributed by atoms with van der Waals surface area (Å²) in [4.78, 5) is 7.59. The molecule has 1 unspecified atom stereocenters. The monoisotopic (exact) mass is 345 g/mol. The van der Waals surface area contributed by atoms with Gasteiger partial charge < -0.3 is 10.0 Å². The van der Waals surface area contributed by atoms with Gasteiger partial charge in [-0.1, -0.05) is 13.0 Å². The number of hydrogen-bond donors (Lipinski definition) is 1. The van der Waals surface area contributed by atoms with Crippen molar-refractivity contribution in [2.75, 3.05) is 57.8 Å². The molecule has 0 radical (unpaired) electrons. The van der Waals surface area contributed by atoms with Gasteiger partial charge in [0.1, 0.15) is 0 Å². The quantitative estimate of drug-likeness (QED) is 0.823. The van der Waals surface area contributed by atoms with E-state index in [-0.39, 0.29) is 6.61 Å². The van der Waals surface area contributed by atoms with Gasteiger partial charge in [0, 0.05) is 51.1 Å². The molecule has 1 saturated heterocycles. The molecule has 1 atom stereocenters. The number of aryl methyl sites for hydroxylation is 1. The Bertz CT molecular complexity index is 540. The first kappa shape index (κ1) is 18.7. The lowest BCUT2D eigenvalue weighted by molar-refractivity contribution is 0.193. The van der Waals surface area contributed by atoms with Crippen LogP contribution in [0.2, 0.25) is 0 Å². The SMILES string of the molecule is CCCN1CCN(c2ccc3c(c2)C(N(C)CCCO)CCC3)CC1. The summed E-state index contributed by atoms with van der Waals surface area (Å²) in [5.41, 5.74) is 4.46. The van der Waals surface area contributed by atoms with Crippen molar-refractivity contribution in [3.05, 3.63) is 29.3 Å². The van der Waals surface area contributed by atoms with Gasteiger partial charge in [-0.3, -0.25) is 9.80 Å². The number of piperazine rings is 1. The first-order chi connectivity index (χ1) is 12.2. The molecule has 1 heterocycles. The van der Waals surface area contributed by atoms with Crippen LogP contribution in [0.15, 0.2) is 18.2 Å². The fourth-order valence-electron chi connectivity index (χ4n) is 4.44. The van der Waals surface area contributed by atoms with E-state index in [4.69, 9.17) is 5.11 Å². The second-order valence-electron chi connectivity index (χ2n) is 7.68. The van der Waals surface area contributed by atoms with Crippen LogP contribution < -0.4 is 4.90 Å². The minimum Gasteiger partial charge on any atom is -0.396 e. The third-order valence-corrected chi connectivity index (χ3v) is 5.89. The van der Waals surface area contributed by atoms with Crippen molar-refractivity contribution < 1.29 is 5.11 Å². The van der Waals surface area contributed by atoms with Gasteiger partial charge in [0.25, 0.3) is 0 Å². The number of aliphatic hydroxyl groups is 1. The van der Waals surface area contributed by atoms with Crippen molar-refractivity contribution in [2.24, 2.45) is 0 Å². The maximum absolute atomic E-state index is 9.15. The molecule has 0 spiro atoms. The van der Waals surface area contributed by atoms with Gasteiger partial charge in [0.2, 0.25) is 0 Å². The van der Waals surface area contributed by atoms with Crippen LogP contribution in [0.4, 0.5) is 5.69 Å². The fraction of sp³-hybridized carbons (Fsp3) is 0.714. The molecule has 0 bridgehead atoms. The predicted octanol–water partition coefficient (Wildman–Crippen LogP) is 2.91. The Morgan fingerprint density at radius 2 is 2.00 bits per heavy atom. The highest BCUT2D eigenvalue weighted by Crippen LogP contribution is 2.36. The van der Waals surface area contributed by atoms with Crippen molar-refractivity contribution in [3.8, 4) is 0 Å². The van der Waals surface area contributed by atoms with E-state index in [0.717, 1.165) is 26.1 Å². The summed E-state index contributed by atoms with van der Waals surface area (Å²) in [6.07, 6.45) is 5.84. The maximum atomic E-state index is 9.15. The fourth-order valence-corrected chi connectivity index (χ4v) is 4.44. The van der Waals surface area contributed by atoms with Crippen molar-refractivity contribution in [1.82, 2.24) is 9.80 Å². The van der Waals surface area contributed by atoms with E-state index < -0.39 is 0 Å². The van der Waals surface area contributed by atoms with Gasteiger partial charge in [0.15, 0.2) is 0 Å². The summed E-state index contributed by atoms with van der Waals surface area (Å²) in [6.45, 7) is 9.41. The summed E-state index contributed by atoms with van der Waals surface area (Å²) in [7, 11) is 2.21. The lowest BCUT2D eigenvalue weighted by Gasteiger charge is -2.38. The molecule has 2 aliphatic rings. The largest absolute Gasteiger partial charge is 0.396 e. The Balaban J connectivity index is 1.71. The summed E-state index contributed by atoms with van der Waals surface area (Å²) in [6, 6.07) is 7.68. The Morgan fingerprint density at radius 3 is 2.72 bits per heavy atom. The number of rotatable bonds is 7. The van der Waals surface area contributed by atoms with Crippen molar-refractivity contribution >= 4 is 5.69 Å². The lowest BCUT2D eigenvalue weighted by atomic mass is 9.86. The van der Waals surface area contributed by atoms with Crippen LogP contribution in [0.5, 0.6) is 0 Å². The number of hydrogen-bond acceptors (Lipinski definition) is 4. The van der Waals surface area contributed by atoms with Crippen molar-refractivity contribution in [1.29, 1.82) is 0 Å². The minimum absolute atomic E-state index is 0.284. The van der Waals surface area contributed by atoms with E-state index in [9.17, 15) is 0 Å². The predicted molar refractivity (Wildman–Crippen MR) is 105 cm³/mol. The molecular formula is C21H35N3O. The van der Waals surface area contributed by atoms with Gasteiger partial charge in [-0.15, -0.1) is 0 Å². The van der Waals surface area contributed by atoms with E-state index in [1.165, 1.54) is 62.1 Å². The van der Waals surface area contributed by atoms with E-state index >= 15 is 0 Å². The first-order valence-corrected chi connectivity index (χ1v) is 10.1. The summed E-state index contributed by atoms with van der Waals surface area (Å²) in [5.74, 6) is 0. The number of anilines is 1. The molecule has 0 aromatic heterocycles. The topological polar surface area (TPSA) is 30.0 Å². The molecule has 1 aromatic carbocycles. The Labute approximate surface area is 153 Å². The molecule has 0 amide bonds. The van der Waals surface area contributed by atoms with E-state index in [1.54, 1.807) is 0 Å². The standard InChI is InChI=1S/C21H35N3O/c1-3-10-23-12-14-24(15-13-23)19-9-8-18-6-4-7-21(20(18)17-19)22(2)11-5-16-25/h8-9,17,21,25H,3-7,10-16H2,1-2H3. The van der Waals surface area contributed by atoms with Crippen molar-refractivity contribution in [3.63, 3.8) is 0 Å². The Morgan fingerprint density at radius 1 is 1.20 bits per heavy atom. The zero-order valence-corrected chi connectivity index (χ0v) is 16.1. The molecule has 1 aromatic rings. The molecule has 4 heteroatoms. The van der Waals surface area contributed by atoms with Gasteiger partial charge in [-0.2, -0.15) is 0 Å². The Kier molecular flexibility index (Phi) is 6.74. The molecule has 1 aliphatic carbocycles. The lowest BCUT2D eigenvalue weighted by Crippen LogP contribution is -2.46. The maximum Gasteiger partial charge on any atom is 0.0443 e. The van der Waals surface area contributed by atoms with Crippen LogP contribution in [0.25, 0.3) is 0 Å². The molecule has 140 valence electrons. The summed E-state index contributed by atoms with van der Waals surface area (Å²) < 4.78 is 0. The van der Waals surface area contributed by atoms with Gasteiger partial charge in [0.05, 0.1) is 0 Å². The summed E-state index contributed by atoms with van der Waals surface area (Å²) in [5, 5.41) is 9.15. The molecule has 25 heavy (non-hydrogen) atoms. The average Bonchev–Trinajstić information content (AvgIpc) is 2.66. The second-order valence-corrected chi connectivity index (χ2v) is 7.68. The zero-order valence-electron chi connectivity index (χ0n) is 16.1. The number of aliphatic hydroxyl groups excluding tert-OH is 1. The molecule has 4 nitrogen and oxygen atoms in total. The highest BCUT2D eigenvalue weighted by atomic mass is 16.3. The third kappa shape index (κ3) is 4.55. The number of benzene rings is 1. The minimum atomic E-state index is 0.284. The van der Waals surface area contributed by atoms with Crippen LogP contribution in [-0.4, -0.2) is 67.8 Å². The van der Waals surface area contributed by atoms with Crippen molar-refractivity contribution in [2.45, 2.75) is 45.1 Å². The van der Waals surface area contributed by atoms with Gasteiger partial charge in [-0.25, -0.2) is 0 Å². The third-order valence-electron chi connectivity index (χ3n) is 5.89. The molecule has 1 fully saturated rings. The smallest absolute Gasteiger partial charge is 0.0443 e. The van der Waals surface area contributed by atoms with Crippen LogP contribution in [0.3, 0.4) is 0 Å². The number of fused-ring (bicyclic) bond motifs is 1. The molecule has 1 N–H and O–H groups in total. The van der Waals surface area contributed by atoms with E-state index in [2.05, 4.69) is 46.9 Å². The van der Waals surface area contributed by atoms with Gasteiger partial charge >= 0.3 is 0 Å². The highest BCUT2D eigenvalue weighted by molar-refractivity contribution is 5.53. The zero-order chi connectivity index (χ0) is 17.6. The van der Waals surface area contributed by atoms with Crippen LogP contribution in [0, 0.1) is 0 Å². The Hall–Kier alpha value is -1.10. The van der Waals surface area contributed by atoms with Crippen LogP contribution in [-0.2, 0) is 6.42 Å². The molecule has 3 rings (SSSR count). The summed E-state index contributed by atoms with van der Waals surface area (Å²) >= 11 is 0. The first-order valence-electron chi connectivity index (χ1n) is 10.1.